The molecule has 0 bridgehead atoms. The summed E-state index contributed by atoms with van der Waals surface area (Å²) in [6.45, 7) is 3.85. The van der Waals surface area contributed by atoms with E-state index in [1.807, 2.05) is 66.7 Å². The zero-order valence-electron chi connectivity index (χ0n) is 14.8. The van der Waals surface area contributed by atoms with Gasteiger partial charge < -0.3 is 23.7 Å². The molecule has 3 saturated heterocycles. The van der Waals surface area contributed by atoms with E-state index in [4.69, 9.17) is 23.7 Å². The van der Waals surface area contributed by atoms with Gasteiger partial charge in [0, 0.05) is 11.1 Å². The van der Waals surface area contributed by atoms with Crippen LogP contribution in [0.2, 0.25) is 0 Å². The summed E-state index contributed by atoms with van der Waals surface area (Å²) in [6, 6.07) is 19.8. The molecule has 5 heteroatoms. The van der Waals surface area contributed by atoms with Crippen LogP contribution in [-0.4, -0.2) is 30.7 Å². The topological polar surface area (TPSA) is 46.2 Å². The number of hydrogen-bond donors (Lipinski definition) is 0. The predicted molar refractivity (Wildman–Crippen MR) is 97.5 cm³/mol. The van der Waals surface area contributed by atoms with E-state index in [0.717, 1.165) is 11.1 Å². The Balaban J connectivity index is 1.38. The Morgan fingerprint density at radius 3 is 1.89 bits per heavy atom. The van der Waals surface area contributed by atoms with Crippen molar-refractivity contribution < 1.29 is 23.7 Å². The van der Waals surface area contributed by atoms with Crippen molar-refractivity contribution >= 4 is 0 Å². The average Bonchev–Trinajstić information content (AvgIpc) is 3.28. The molecule has 7 unspecified atom stereocenters. The molecule has 2 aromatic carbocycles. The van der Waals surface area contributed by atoms with Crippen LogP contribution < -0.4 is 0 Å². The molecule has 27 heavy (non-hydrogen) atoms. The number of benzene rings is 2. The summed E-state index contributed by atoms with van der Waals surface area (Å²) in [4.78, 5) is 0. The van der Waals surface area contributed by atoms with E-state index in [9.17, 15) is 0 Å². The van der Waals surface area contributed by atoms with Gasteiger partial charge in [-0.3, -0.25) is 0 Å². The molecule has 0 aliphatic carbocycles. The summed E-state index contributed by atoms with van der Waals surface area (Å²) in [6.07, 6.45) is 0.219. The van der Waals surface area contributed by atoms with Crippen LogP contribution in [-0.2, 0) is 23.7 Å². The smallest absolute Gasteiger partial charge is 0.190 e. The normalized spacial score (nSPS) is 37.6. The standard InChI is InChI=1S/C22H22O5/c1-2-9-16-17-18(25-20(23-16)14-10-5-3-6-11-14)19-22(24-17)27-21(26-19)15-12-7-4-8-13-15/h2-8,10-13,16-22H,1,9H2. The van der Waals surface area contributed by atoms with Crippen LogP contribution in [0.3, 0.4) is 0 Å². The average molecular weight is 366 g/mol. The lowest BCUT2D eigenvalue weighted by Crippen LogP contribution is -2.48. The molecule has 5 nitrogen and oxygen atoms in total. The fraction of sp³-hybridized carbons (Fsp3) is 0.364. The predicted octanol–water partition coefficient (Wildman–Crippen LogP) is 3.88. The Morgan fingerprint density at radius 1 is 0.667 bits per heavy atom. The molecule has 140 valence electrons. The van der Waals surface area contributed by atoms with Crippen molar-refractivity contribution in [3.63, 3.8) is 0 Å². The first-order valence-corrected chi connectivity index (χ1v) is 9.31. The van der Waals surface area contributed by atoms with Gasteiger partial charge in [0.2, 0.25) is 0 Å². The Morgan fingerprint density at radius 2 is 1.26 bits per heavy atom. The van der Waals surface area contributed by atoms with Crippen LogP contribution in [0.15, 0.2) is 73.3 Å². The number of fused-ring (bicyclic) bond motifs is 3. The molecule has 5 rings (SSSR count). The van der Waals surface area contributed by atoms with Gasteiger partial charge in [0.25, 0.3) is 0 Å². The van der Waals surface area contributed by atoms with Gasteiger partial charge in [-0.15, -0.1) is 6.58 Å². The lowest BCUT2D eigenvalue weighted by Gasteiger charge is -2.39. The fourth-order valence-corrected chi connectivity index (χ4v) is 3.95. The second-order valence-electron chi connectivity index (χ2n) is 6.99. The minimum absolute atomic E-state index is 0.153. The third-order valence-corrected chi connectivity index (χ3v) is 5.23. The van der Waals surface area contributed by atoms with Gasteiger partial charge in [-0.25, -0.2) is 0 Å². The fourth-order valence-electron chi connectivity index (χ4n) is 3.95. The van der Waals surface area contributed by atoms with E-state index in [2.05, 4.69) is 6.58 Å². The summed E-state index contributed by atoms with van der Waals surface area (Å²) in [7, 11) is 0. The molecule has 0 spiro atoms. The monoisotopic (exact) mass is 366 g/mol. The Labute approximate surface area is 158 Å². The maximum Gasteiger partial charge on any atom is 0.190 e. The lowest BCUT2D eigenvalue weighted by molar-refractivity contribution is -0.300. The van der Waals surface area contributed by atoms with Crippen LogP contribution in [0.25, 0.3) is 0 Å². The maximum atomic E-state index is 6.28. The number of rotatable bonds is 4. The summed E-state index contributed by atoms with van der Waals surface area (Å²) < 4.78 is 30.8. The molecule has 3 fully saturated rings. The van der Waals surface area contributed by atoms with Crippen molar-refractivity contribution in [3.8, 4) is 0 Å². The van der Waals surface area contributed by atoms with E-state index >= 15 is 0 Å². The molecule has 3 aliphatic heterocycles. The van der Waals surface area contributed by atoms with Crippen LogP contribution in [0.1, 0.15) is 30.1 Å². The van der Waals surface area contributed by atoms with Crippen molar-refractivity contribution in [3.05, 3.63) is 84.4 Å². The minimum atomic E-state index is -0.462. The first-order valence-electron chi connectivity index (χ1n) is 9.31. The zero-order valence-corrected chi connectivity index (χ0v) is 14.8. The van der Waals surface area contributed by atoms with Gasteiger partial charge in [-0.2, -0.15) is 0 Å². The number of hydrogen-bond acceptors (Lipinski definition) is 5. The van der Waals surface area contributed by atoms with Gasteiger partial charge in [0.05, 0.1) is 6.10 Å². The van der Waals surface area contributed by atoms with Gasteiger partial charge in [-0.05, 0) is 6.42 Å². The van der Waals surface area contributed by atoms with Crippen LogP contribution >= 0.6 is 0 Å². The van der Waals surface area contributed by atoms with Crippen molar-refractivity contribution in [2.45, 2.75) is 49.7 Å². The second kappa shape index (κ2) is 7.19. The first-order chi connectivity index (χ1) is 13.3. The molecule has 0 N–H and O–H groups in total. The largest absolute Gasteiger partial charge is 0.342 e. The molecular formula is C22H22O5. The summed E-state index contributed by atoms with van der Waals surface area (Å²) in [5, 5.41) is 0. The summed E-state index contributed by atoms with van der Waals surface area (Å²) >= 11 is 0. The zero-order chi connectivity index (χ0) is 18.2. The highest BCUT2D eigenvalue weighted by atomic mass is 16.8. The molecular weight excluding hydrogens is 344 g/mol. The highest BCUT2D eigenvalue weighted by molar-refractivity contribution is 5.19. The number of ether oxygens (including phenoxy) is 5. The van der Waals surface area contributed by atoms with Gasteiger partial charge >= 0.3 is 0 Å². The Bertz CT molecular complexity index is 780. The minimum Gasteiger partial charge on any atom is -0.342 e. The SMILES string of the molecule is C=CCC1OC(c2ccccc2)OC2C1OC1OC(c3ccccc3)OC12. The van der Waals surface area contributed by atoms with Crippen molar-refractivity contribution in [1.29, 1.82) is 0 Å². The van der Waals surface area contributed by atoms with E-state index in [-0.39, 0.29) is 24.4 Å². The van der Waals surface area contributed by atoms with Crippen molar-refractivity contribution in [2.75, 3.05) is 0 Å². The van der Waals surface area contributed by atoms with Crippen molar-refractivity contribution in [2.24, 2.45) is 0 Å². The second-order valence-corrected chi connectivity index (χ2v) is 6.99. The molecule has 3 heterocycles. The first kappa shape index (κ1) is 17.1. The van der Waals surface area contributed by atoms with Crippen molar-refractivity contribution in [1.82, 2.24) is 0 Å². The molecule has 0 aromatic heterocycles. The van der Waals surface area contributed by atoms with Gasteiger partial charge in [0.1, 0.15) is 18.3 Å². The third kappa shape index (κ3) is 3.12. The molecule has 2 aromatic rings. The molecule has 0 radical (unpaired) electrons. The van der Waals surface area contributed by atoms with Crippen LogP contribution in [0.5, 0.6) is 0 Å². The molecule has 7 atom stereocenters. The Kier molecular flexibility index (Phi) is 4.55. The van der Waals surface area contributed by atoms with Gasteiger partial charge in [-0.1, -0.05) is 66.7 Å². The van der Waals surface area contributed by atoms with E-state index < -0.39 is 18.9 Å². The van der Waals surface area contributed by atoms with E-state index in [1.54, 1.807) is 0 Å². The van der Waals surface area contributed by atoms with Crippen LogP contribution in [0, 0.1) is 0 Å². The lowest BCUT2D eigenvalue weighted by atomic mass is 10.0. The molecule has 3 aliphatic rings. The van der Waals surface area contributed by atoms with Crippen LogP contribution in [0.4, 0.5) is 0 Å². The molecule has 0 amide bonds. The highest BCUT2D eigenvalue weighted by Gasteiger charge is 2.58. The quantitative estimate of drug-likeness (QED) is 0.769. The van der Waals surface area contributed by atoms with E-state index in [1.165, 1.54) is 0 Å². The highest BCUT2D eigenvalue weighted by Crippen LogP contribution is 2.46. The third-order valence-electron chi connectivity index (χ3n) is 5.23. The maximum absolute atomic E-state index is 6.28. The van der Waals surface area contributed by atoms with Gasteiger partial charge in [0.15, 0.2) is 18.9 Å². The molecule has 0 saturated carbocycles. The summed E-state index contributed by atoms with van der Waals surface area (Å²) in [5.74, 6) is 0. The Hall–Kier alpha value is -2.02. The summed E-state index contributed by atoms with van der Waals surface area (Å²) in [5.41, 5.74) is 1.95. The van der Waals surface area contributed by atoms with E-state index in [0.29, 0.717) is 6.42 Å².